The number of amides is 1. The van der Waals surface area contributed by atoms with Crippen LogP contribution in [0.15, 0.2) is 0 Å². The standard InChI is InChI=1S/C15H26N2O/c1-12(13-2-3-13)14(18)17-10-6-15(7-11-17)4-8-16-9-5-15/h12-13,16H,2-11H2,1H3. The molecule has 0 bridgehead atoms. The van der Waals surface area contributed by atoms with Gasteiger partial charge in [0.1, 0.15) is 0 Å². The maximum atomic E-state index is 12.4. The lowest BCUT2D eigenvalue weighted by atomic mass is 9.71. The van der Waals surface area contributed by atoms with Crippen LogP contribution in [0.4, 0.5) is 0 Å². The average molecular weight is 250 g/mol. The van der Waals surface area contributed by atoms with Crippen molar-refractivity contribution >= 4 is 5.91 Å². The maximum Gasteiger partial charge on any atom is 0.225 e. The average Bonchev–Trinajstić information content (AvgIpc) is 3.23. The highest BCUT2D eigenvalue weighted by Crippen LogP contribution is 2.41. The van der Waals surface area contributed by atoms with E-state index in [1.54, 1.807) is 0 Å². The van der Waals surface area contributed by atoms with Gasteiger partial charge in [0.2, 0.25) is 5.91 Å². The number of likely N-dealkylation sites (tertiary alicyclic amines) is 1. The van der Waals surface area contributed by atoms with Crippen molar-refractivity contribution in [3.05, 3.63) is 0 Å². The highest BCUT2D eigenvalue weighted by molar-refractivity contribution is 5.79. The summed E-state index contributed by atoms with van der Waals surface area (Å²) < 4.78 is 0. The predicted octanol–water partition coefficient (Wildman–Crippen LogP) is 2.02. The minimum atomic E-state index is 0.284. The van der Waals surface area contributed by atoms with Crippen LogP contribution in [0.3, 0.4) is 0 Å². The lowest BCUT2D eigenvalue weighted by Crippen LogP contribution is -2.48. The monoisotopic (exact) mass is 250 g/mol. The van der Waals surface area contributed by atoms with E-state index in [2.05, 4.69) is 17.1 Å². The second-order valence-electron chi connectivity index (χ2n) is 6.70. The Bertz CT molecular complexity index is 308. The molecule has 3 rings (SSSR count). The molecule has 2 heterocycles. The third kappa shape index (κ3) is 2.42. The first kappa shape index (κ1) is 12.5. The predicted molar refractivity (Wildman–Crippen MR) is 72.2 cm³/mol. The Morgan fingerprint density at radius 1 is 1.17 bits per heavy atom. The molecule has 0 aromatic rings. The number of hydrogen-bond acceptors (Lipinski definition) is 2. The van der Waals surface area contributed by atoms with Gasteiger partial charge in [-0.05, 0) is 62.9 Å². The third-order valence-corrected chi connectivity index (χ3v) is 5.52. The van der Waals surface area contributed by atoms with E-state index in [-0.39, 0.29) is 5.92 Å². The van der Waals surface area contributed by atoms with Crippen molar-refractivity contribution in [2.24, 2.45) is 17.3 Å². The van der Waals surface area contributed by atoms with Crippen LogP contribution in [0.2, 0.25) is 0 Å². The molecule has 3 aliphatic rings. The quantitative estimate of drug-likeness (QED) is 0.813. The van der Waals surface area contributed by atoms with Crippen molar-refractivity contribution in [1.29, 1.82) is 0 Å². The number of hydrogen-bond donors (Lipinski definition) is 1. The Morgan fingerprint density at radius 3 is 2.33 bits per heavy atom. The molecular formula is C15H26N2O. The number of carbonyl (C=O) groups excluding carboxylic acids is 1. The second-order valence-corrected chi connectivity index (χ2v) is 6.70. The highest BCUT2D eigenvalue weighted by atomic mass is 16.2. The lowest BCUT2D eigenvalue weighted by molar-refractivity contribution is -0.138. The third-order valence-electron chi connectivity index (χ3n) is 5.52. The fraction of sp³-hybridized carbons (Fsp3) is 0.933. The minimum Gasteiger partial charge on any atom is -0.342 e. The summed E-state index contributed by atoms with van der Waals surface area (Å²) in [6.45, 7) is 6.50. The highest BCUT2D eigenvalue weighted by Gasteiger charge is 2.40. The number of piperidine rings is 2. The van der Waals surface area contributed by atoms with Gasteiger partial charge in [-0.2, -0.15) is 0 Å². The van der Waals surface area contributed by atoms with Gasteiger partial charge in [-0.3, -0.25) is 4.79 Å². The van der Waals surface area contributed by atoms with Crippen molar-refractivity contribution < 1.29 is 4.79 Å². The zero-order valence-corrected chi connectivity index (χ0v) is 11.6. The van der Waals surface area contributed by atoms with Gasteiger partial charge in [-0.15, -0.1) is 0 Å². The van der Waals surface area contributed by atoms with Crippen LogP contribution in [-0.4, -0.2) is 37.0 Å². The fourth-order valence-corrected chi connectivity index (χ4v) is 3.74. The molecular weight excluding hydrogens is 224 g/mol. The Labute approximate surface area is 110 Å². The van der Waals surface area contributed by atoms with Gasteiger partial charge < -0.3 is 10.2 Å². The molecule has 3 fully saturated rings. The first-order valence-corrected chi connectivity index (χ1v) is 7.70. The van der Waals surface area contributed by atoms with Crippen molar-refractivity contribution in [2.45, 2.75) is 45.4 Å². The molecule has 18 heavy (non-hydrogen) atoms. The zero-order valence-electron chi connectivity index (χ0n) is 11.6. The number of rotatable bonds is 2. The summed E-state index contributed by atoms with van der Waals surface area (Å²) in [5.41, 5.74) is 0.560. The Kier molecular flexibility index (Phi) is 3.35. The van der Waals surface area contributed by atoms with Gasteiger partial charge in [0.25, 0.3) is 0 Å². The van der Waals surface area contributed by atoms with Gasteiger partial charge >= 0.3 is 0 Å². The molecule has 1 spiro atoms. The van der Waals surface area contributed by atoms with E-state index in [1.807, 2.05) is 0 Å². The summed E-state index contributed by atoms with van der Waals surface area (Å²) in [4.78, 5) is 14.5. The first-order chi connectivity index (χ1) is 8.70. The van der Waals surface area contributed by atoms with Gasteiger partial charge in [-0.25, -0.2) is 0 Å². The topological polar surface area (TPSA) is 32.3 Å². The lowest BCUT2D eigenvalue weighted by Gasteiger charge is -2.45. The van der Waals surface area contributed by atoms with Gasteiger partial charge in [0, 0.05) is 19.0 Å². The second kappa shape index (κ2) is 4.84. The number of carbonyl (C=O) groups is 1. The maximum absolute atomic E-state index is 12.4. The van der Waals surface area contributed by atoms with Crippen LogP contribution in [0.5, 0.6) is 0 Å². The summed E-state index contributed by atoms with van der Waals surface area (Å²) in [6, 6.07) is 0. The molecule has 0 aromatic carbocycles. The van der Waals surface area contributed by atoms with E-state index >= 15 is 0 Å². The summed E-state index contributed by atoms with van der Waals surface area (Å²) >= 11 is 0. The van der Waals surface area contributed by atoms with Gasteiger partial charge in [-0.1, -0.05) is 6.92 Å². The SMILES string of the molecule is CC(C(=O)N1CCC2(CCNCC2)CC1)C1CC1. The molecule has 3 heteroatoms. The summed E-state index contributed by atoms with van der Waals surface area (Å²) in [6.07, 6.45) is 7.64. The molecule has 1 unspecified atom stereocenters. The molecule has 0 radical (unpaired) electrons. The summed E-state index contributed by atoms with van der Waals surface area (Å²) in [5.74, 6) is 1.42. The van der Waals surface area contributed by atoms with Gasteiger partial charge in [0.15, 0.2) is 0 Å². The molecule has 1 N–H and O–H groups in total. The van der Waals surface area contributed by atoms with Crippen LogP contribution in [0.1, 0.15) is 45.4 Å². The molecule has 2 aliphatic heterocycles. The fourth-order valence-electron chi connectivity index (χ4n) is 3.74. The van der Waals surface area contributed by atoms with E-state index < -0.39 is 0 Å². The molecule has 102 valence electrons. The van der Waals surface area contributed by atoms with E-state index in [9.17, 15) is 4.79 Å². The van der Waals surface area contributed by atoms with Crippen LogP contribution >= 0.6 is 0 Å². The molecule has 0 aromatic heterocycles. The van der Waals surface area contributed by atoms with Crippen molar-refractivity contribution in [3.63, 3.8) is 0 Å². The largest absolute Gasteiger partial charge is 0.342 e. The Morgan fingerprint density at radius 2 is 1.78 bits per heavy atom. The molecule has 1 aliphatic carbocycles. The molecule has 3 nitrogen and oxygen atoms in total. The van der Waals surface area contributed by atoms with E-state index in [4.69, 9.17) is 0 Å². The van der Waals surface area contributed by atoms with Crippen molar-refractivity contribution in [1.82, 2.24) is 10.2 Å². The van der Waals surface area contributed by atoms with Crippen LogP contribution in [0.25, 0.3) is 0 Å². The normalized spacial score (nSPS) is 29.3. The van der Waals surface area contributed by atoms with E-state index in [0.29, 0.717) is 17.2 Å². The summed E-state index contributed by atoms with van der Waals surface area (Å²) in [5, 5.41) is 3.45. The Hall–Kier alpha value is -0.570. The van der Waals surface area contributed by atoms with Crippen LogP contribution in [0, 0.1) is 17.3 Å². The first-order valence-electron chi connectivity index (χ1n) is 7.70. The molecule has 1 saturated carbocycles. The van der Waals surface area contributed by atoms with Crippen molar-refractivity contribution in [2.75, 3.05) is 26.2 Å². The van der Waals surface area contributed by atoms with E-state index in [1.165, 1.54) is 51.6 Å². The summed E-state index contributed by atoms with van der Waals surface area (Å²) in [7, 11) is 0. The number of nitrogens with one attached hydrogen (secondary N) is 1. The number of nitrogens with zero attached hydrogens (tertiary/aromatic N) is 1. The Balaban J connectivity index is 1.54. The van der Waals surface area contributed by atoms with E-state index in [0.717, 1.165) is 13.1 Å². The van der Waals surface area contributed by atoms with Crippen LogP contribution < -0.4 is 5.32 Å². The smallest absolute Gasteiger partial charge is 0.225 e. The minimum absolute atomic E-state index is 0.284. The van der Waals surface area contributed by atoms with Gasteiger partial charge in [0.05, 0.1) is 0 Å². The molecule has 1 amide bonds. The molecule has 2 saturated heterocycles. The van der Waals surface area contributed by atoms with Crippen molar-refractivity contribution in [3.8, 4) is 0 Å². The van der Waals surface area contributed by atoms with Crippen LogP contribution in [-0.2, 0) is 4.79 Å². The molecule has 1 atom stereocenters. The zero-order chi connectivity index (χ0) is 12.6.